The van der Waals surface area contributed by atoms with Crippen molar-refractivity contribution in [3.05, 3.63) is 84.2 Å². The summed E-state index contributed by atoms with van der Waals surface area (Å²) in [5.41, 5.74) is 1.67. The van der Waals surface area contributed by atoms with E-state index in [0.717, 1.165) is 16.1 Å². The number of benzene rings is 2. The molecule has 0 bridgehead atoms. The second-order valence-corrected chi connectivity index (χ2v) is 9.60. The molecular formula is C25H28N4O5S. The Labute approximate surface area is 205 Å². The highest BCUT2D eigenvalue weighted by Gasteiger charge is 2.30. The number of nitrogens with zero attached hydrogens (tertiary/aromatic N) is 2. The van der Waals surface area contributed by atoms with E-state index in [1.54, 1.807) is 67.0 Å². The molecule has 0 aliphatic heterocycles. The van der Waals surface area contributed by atoms with Crippen LogP contribution in [0.3, 0.4) is 0 Å². The zero-order valence-corrected chi connectivity index (χ0v) is 20.6. The number of anilines is 2. The number of amides is 2. The summed E-state index contributed by atoms with van der Waals surface area (Å²) in [6.45, 7) is 4.08. The van der Waals surface area contributed by atoms with Crippen molar-refractivity contribution in [2.45, 2.75) is 26.4 Å². The van der Waals surface area contributed by atoms with Crippen LogP contribution < -0.4 is 19.7 Å². The van der Waals surface area contributed by atoms with Crippen LogP contribution >= 0.6 is 0 Å². The average Bonchev–Trinajstić information content (AvgIpc) is 2.84. The molecule has 0 saturated carbocycles. The summed E-state index contributed by atoms with van der Waals surface area (Å²) in [5.74, 6) is -0.381. The number of hydrogen-bond donors (Lipinski definition) is 2. The Kier molecular flexibility index (Phi) is 8.43. The first-order valence-corrected chi connectivity index (χ1v) is 12.8. The van der Waals surface area contributed by atoms with Gasteiger partial charge in [0, 0.05) is 18.9 Å². The second-order valence-electron chi connectivity index (χ2n) is 7.74. The van der Waals surface area contributed by atoms with Crippen LogP contribution in [0.4, 0.5) is 11.4 Å². The third kappa shape index (κ3) is 6.80. The molecule has 184 valence electrons. The van der Waals surface area contributed by atoms with Gasteiger partial charge in [0.25, 0.3) is 5.91 Å². The van der Waals surface area contributed by atoms with E-state index in [1.807, 2.05) is 13.0 Å². The molecule has 10 heteroatoms. The fourth-order valence-electron chi connectivity index (χ4n) is 3.47. The van der Waals surface area contributed by atoms with Crippen LogP contribution in [0.25, 0.3) is 0 Å². The standard InChI is InChI=1S/C25H28N4O5S/c1-4-34-21-13-11-20(12-14-21)29(35(3,32)33)18(2)24(30)28-23-10-6-5-9-22(23)25(31)27-17-19-8-7-15-26-16-19/h5-16,18H,4,17H2,1-3H3,(H,27,31)(H,28,30)/t18-/m1/s1. The Bertz CT molecular complexity index is 1260. The van der Waals surface area contributed by atoms with Gasteiger partial charge in [-0.3, -0.25) is 18.9 Å². The smallest absolute Gasteiger partial charge is 0.253 e. The van der Waals surface area contributed by atoms with Gasteiger partial charge >= 0.3 is 0 Å². The van der Waals surface area contributed by atoms with Crippen LogP contribution in [0, 0.1) is 0 Å². The van der Waals surface area contributed by atoms with Crippen LogP contribution in [0.1, 0.15) is 29.8 Å². The molecule has 3 rings (SSSR count). The number of nitrogens with one attached hydrogen (secondary N) is 2. The highest BCUT2D eigenvalue weighted by atomic mass is 32.2. The average molecular weight is 497 g/mol. The molecule has 2 amide bonds. The maximum absolute atomic E-state index is 13.1. The first-order valence-electron chi connectivity index (χ1n) is 11.0. The van der Waals surface area contributed by atoms with Crippen molar-refractivity contribution in [2.24, 2.45) is 0 Å². The predicted octanol–water partition coefficient (Wildman–Crippen LogP) is 3.20. The molecule has 0 saturated heterocycles. The topological polar surface area (TPSA) is 118 Å². The molecule has 1 atom stereocenters. The largest absolute Gasteiger partial charge is 0.494 e. The van der Waals surface area contributed by atoms with Gasteiger partial charge in [-0.25, -0.2) is 8.42 Å². The number of rotatable bonds is 10. The highest BCUT2D eigenvalue weighted by Crippen LogP contribution is 2.25. The molecule has 0 aliphatic rings. The van der Waals surface area contributed by atoms with E-state index in [4.69, 9.17) is 4.74 Å². The lowest BCUT2D eigenvalue weighted by Crippen LogP contribution is -2.45. The number of carbonyl (C=O) groups is 2. The van der Waals surface area contributed by atoms with E-state index in [1.165, 1.54) is 6.92 Å². The van der Waals surface area contributed by atoms with E-state index < -0.39 is 22.0 Å². The molecule has 35 heavy (non-hydrogen) atoms. The summed E-state index contributed by atoms with van der Waals surface area (Å²) in [6, 6.07) is 15.5. The zero-order chi connectivity index (χ0) is 25.4. The van der Waals surface area contributed by atoms with Gasteiger partial charge < -0.3 is 15.4 Å². The third-order valence-corrected chi connectivity index (χ3v) is 6.34. The second kappa shape index (κ2) is 11.5. The first kappa shape index (κ1) is 25.7. The SMILES string of the molecule is CCOc1ccc(N([C@H](C)C(=O)Nc2ccccc2C(=O)NCc2cccnc2)S(C)(=O)=O)cc1. The van der Waals surface area contributed by atoms with Crippen molar-refractivity contribution >= 4 is 33.2 Å². The van der Waals surface area contributed by atoms with E-state index >= 15 is 0 Å². The summed E-state index contributed by atoms with van der Waals surface area (Å²) >= 11 is 0. The lowest BCUT2D eigenvalue weighted by Gasteiger charge is -2.28. The van der Waals surface area contributed by atoms with Gasteiger partial charge in [-0.1, -0.05) is 18.2 Å². The fraction of sp³-hybridized carbons (Fsp3) is 0.240. The molecule has 1 aromatic heterocycles. The summed E-state index contributed by atoms with van der Waals surface area (Å²) in [6.07, 6.45) is 4.33. The lowest BCUT2D eigenvalue weighted by atomic mass is 10.1. The van der Waals surface area contributed by atoms with Gasteiger partial charge in [0.1, 0.15) is 11.8 Å². The van der Waals surface area contributed by atoms with Crippen molar-refractivity contribution in [3.8, 4) is 5.75 Å². The number of hydrogen-bond acceptors (Lipinski definition) is 6. The maximum atomic E-state index is 13.1. The molecular weight excluding hydrogens is 468 g/mol. The predicted molar refractivity (Wildman–Crippen MR) is 135 cm³/mol. The van der Waals surface area contributed by atoms with Crippen molar-refractivity contribution in [3.63, 3.8) is 0 Å². The Morgan fingerprint density at radius 2 is 1.77 bits per heavy atom. The van der Waals surface area contributed by atoms with Crippen LogP contribution in [-0.4, -0.2) is 44.1 Å². The van der Waals surface area contributed by atoms with Gasteiger partial charge in [0.2, 0.25) is 15.9 Å². The zero-order valence-electron chi connectivity index (χ0n) is 19.8. The van der Waals surface area contributed by atoms with Crippen LogP contribution in [0.2, 0.25) is 0 Å². The Morgan fingerprint density at radius 1 is 1.06 bits per heavy atom. The summed E-state index contributed by atoms with van der Waals surface area (Å²) in [4.78, 5) is 29.9. The van der Waals surface area contributed by atoms with Gasteiger partial charge in [0.05, 0.1) is 29.8 Å². The van der Waals surface area contributed by atoms with Crippen molar-refractivity contribution in [1.29, 1.82) is 0 Å². The quantitative estimate of drug-likeness (QED) is 0.445. The summed E-state index contributed by atoms with van der Waals surface area (Å²) < 4.78 is 31.6. The van der Waals surface area contributed by atoms with Crippen molar-refractivity contribution in [2.75, 3.05) is 22.5 Å². The molecule has 1 heterocycles. The minimum Gasteiger partial charge on any atom is -0.494 e. The minimum absolute atomic E-state index is 0.254. The van der Waals surface area contributed by atoms with Crippen LogP contribution in [0.15, 0.2) is 73.1 Å². The minimum atomic E-state index is -3.80. The summed E-state index contributed by atoms with van der Waals surface area (Å²) in [5, 5.41) is 5.50. The number of aromatic nitrogens is 1. The molecule has 0 unspecified atom stereocenters. The Morgan fingerprint density at radius 3 is 2.40 bits per heavy atom. The van der Waals surface area contributed by atoms with Crippen LogP contribution in [0.5, 0.6) is 5.75 Å². The monoisotopic (exact) mass is 496 g/mol. The number of para-hydroxylation sites is 1. The molecule has 9 nitrogen and oxygen atoms in total. The summed E-state index contributed by atoms with van der Waals surface area (Å²) in [7, 11) is -3.80. The molecule has 0 aliphatic carbocycles. The number of pyridine rings is 1. The van der Waals surface area contributed by atoms with Gasteiger partial charge in [0.15, 0.2) is 0 Å². The number of ether oxygens (including phenoxy) is 1. The van der Waals surface area contributed by atoms with E-state index in [9.17, 15) is 18.0 Å². The highest BCUT2D eigenvalue weighted by molar-refractivity contribution is 7.92. The fourth-order valence-corrected chi connectivity index (χ4v) is 4.65. The van der Waals surface area contributed by atoms with Crippen molar-refractivity contribution < 1.29 is 22.7 Å². The van der Waals surface area contributed by atoms with E-state index in [-0.39, 0.29) is 23.7 Å². The van der Waals surface area contributed by atoms with Gasteiger partial charge in [-0.05, 0) is 61.9 Å². The third-order valence-electron chi connectivity index (χ3n) is 5.10. The van der Waals surface area contributed by atoms with E-state index in [2.05, 4.69) is 15.6 Å². The van der Waals surface area contributed by atoms with Crippen molar-refractivity contribution in [1.82, 2.24) is 10.3 Å². The maximum Gasteiger partial charge on any atom is 0.253 e. The molecule has 0 radical (unpaired) electrons. The number of carbonyl (C=O) groups excluding carboxylic acids is 2. The molecule has 2 aromatic carbocycles. The first-order chi connectivity index (χ1) is 16.7. The number of sulfonamides is 1. The molecule has 3 aromatic rings. The lowest BCUT2D eigenvalue weighted by molar-refractivity contribution is -0.116. The van der Waals surface area contributed by atoms with E-state index in [0.29, 0.717) is 18.0 Å². The molecule has 0 fully saturated rings. The normalized spacial score (nSPS) is 11.9. The molecule has 0 spiro atoms. The Balaban J connectivity index is 1.78. The van der Waals surface area contributed by atoms with Gasteiger partial charge in [-0.2, -0.15) is 0 Å². The Hall–Kier alpha value is -3.92. The van der Waals surface area contributed by atoms with Gasteiger partial charge in [-0.15, -0.1) is 0 Å². The van der Waals surface area contributed by atoms with Crippen LogP contribution in [-0.2, 0) is 21.4 Å². The molecule has 2 N–H and O–H groups in total.